The van der Waals surface area contributed by atoms with Gasteiger partial charge in [-0.25, -0.2) is 0 Å². The molecule has 0 spiro atoms. The third kappa shape index (κ3) is 2.96. The van der Waals surface area contributed by atoms with E-state index < -0.39 is 0 Å². The molecule has 1 saturated carbocycles. The van der Waals surface area contributed by atoms with Crippen LogP contribution in [-0.4, -0.2) is 6.29 Å². The van der Waals surface area contributed by atoms with Gasteiger partial charge >= 0.3 is 0 Å². The first-order valence-electron chi connectivity index (χ1n) is 5.20. The van der Waals surface area contributed by atoms with Crippen molar-refractivity contribution < 1.29 is 4.79 Å². The predicted octanol–water partition coefficient (Wildman–Crippen LogP) is 3.33. The van der Waals surface area contributed by atoms with E-state index in [-0.39, 0.29) is 0 Å². The Morgan fingerprint density at radius 3 is 2.50 bits per heavy atom. The standard InChI is InChI=1S/C11H20O/c1-11(8-4-5-9-11)7-3-2-6-10-12/h10H,2-9H2,1H3. The minimum Gasteiger partial charge on any atom is -0.303 e. The molecule has 0 atom stereocenters. The summed E-state index contributed by atoms with van der Waals surface area (Å²) in [5.74, 6) is 0. The molecule has 0 N–H and O–H groups in total. The molecule has 0 heterocycles. The second-order valence-electron chi connectivity index (χ2n) is 4.43. The minimum absolute atomic E-state index is 0.628. The zero-order valence-corrected chi connectivity index (χ0v) is 8.14. The van der Waals surface area contributed by atoms with Crippen LogP contribution in [0.1, 0.15) is 58.3 Å². The number of carbonyl (C=O) groups is 1. The largest absolute Gasteiger partial charge is 0.303 e. The van der Waals surface area contributed by atoms with E-state index in [1.54, 1.807) is 0 Å². The summed E-state index contributed by atoms with van der Waals surface area (Å²) in [5.41, 5.74) is 0.628. The maximum Gasteiger partial charge on any atom is 0.119 e. The maximum atomic E-state index is 10.1. The van der Waals surface area contributed by atoms with Crippen molar-refractivity contribution in [1.29, 1.82) is 0 Å². The average molecular weight is 168 g/mol. The highest BCUT2D eigenvalue weighted by Gasteiger charge is 2.27. The van der Waals surface area contributed by atoms with Crippen LogP contribution >= 0.6 is 0 Å². The Kier molecular flexibility index (Phi) is 3.77. The van der Waals surface area contributed by atoms with E-state index in [0.717, 1.165) is 19.1 Å². The van der Waals surface area contributed by atoms with Crippen LogP contribution in [-0.2, 0) is 4.79 Å². The molecule has 1 fully saturated rings. The SMILES string of the molecule is CC1(CCCCC=O)CCCC1. The summed E-state index contributed by atoms with van der Waals surface area (Å²) in [6.07, 6.45) is 11.1. The molecular weight excluding hydrogens is 148 g/mol. The highest BCUT2D eigenvalue weighted by Crippen LogP contribution is 2.41. The smallest absolute Gasteiger partial charge is 0.119 e. The normalized spacial score (nSPS) is 21.1. The molecule has 0 saturated heterocycles. The zero-order chi connectivity index (χ0) is 8.86. The Morgan fingerprint density at radius 2 is 1.92 bits per heavy atom. The van der Waals surface area contributed by atoms with Gasteiger partial charge in [-0.2, -0.15) is 0 Å². The van der Waals surface area contributed by atoms with Gasteiger partial charge in [-0.1, -0.05) is 26.2 Å². The molecule has 0 bridgehead atoms. The van der Waals surface area contributed by atoms with Gasteiger partial charge in [0.15, 0.2) is 0 Å². The van der Waals surface area contributed by atoms with Crippen LogP contribution in [0.3, 0.4) is 0 Å². The second kappa shape index (κ2) is 4.64. The van der Waals surface area contributed by atoms with Crippen molar-refractivity contribution in [3.8, 4) is 0 Å². The van der Waals surface area contributed by atoms with Crippen molar-refractivity contribution >= 4 is 6.29 Å². The second-order valence-corrected chi connectivity index (χ2v) is 4.43. The van der Waals surface area contributed by atoms with Crippen molar-refractivity contribution in [3.63, 3.8) is 0 Å². The van der Waals surface area contributed by atoms with Gasteiger partial charge in [0.1, 0.15) is 6.29 Å². The Bertz CT molecular complexity index is 134. The van der Waals surface area contributed by atoms with Gasteiger partial charge in [-0.3, -0.25) is 0 Å². The average Bonchev–Trinajstić information content (AvgIpc) is 2.47. The van der Waals surface area contributed by atoms with E-state index in [1.807, 2.05) is 0 Å². The predicted molar refractivity (Wildman–Crippen MR) is 51.1 cm³/mol. The van der Waals surface area contributed by atoms with Crippen LogP contribution in [0.5, 0.6) is 0 Å². The lowest BCUT2D eigenvalue weighted by molar-refractivity contribution is -0.107. The van der Waals surface area contributed by atoms with E-state index in [4.69, 9.17) is 0 Å². The lowest BCUT2D eigenvalue weighted by atomic mass is 9.83. The molecule has 0 aromatic carbocycles. The molecular formula is C11H20O. The number of hydrogen-bond donors (Lipinski definition) is 0. The van der Waals surface area contributed by atoms with Gasteiger partial charge < -0.3 is 4.79 Å². The monoisotopic (exact) mass is 168 g/mol. The first-order valence-corrected chi connectivity index (χ1v) is 5.20. The summed E-state index contributed by atoms with van der Waals surface area (Å²) in [5, 5.41) is 0. The highest BCUT2D eigenvalue weighted by molar-refractivity contribution is 5.48. The molecule has 0 unspecified atom stereocenters. The summed E-state index contributed by atoms with van der Waals surface area (Å²) in [6.45, 7) is 2.40. The first-order chi connectivity index (χ1) is 5.77. The topological polar surface area (TPSA) is 17.1 Å². The fourth-order valence-corrected chi connectivity index (χ4v) is 2.26. The summed E-state index contributed by atoms with van der Waals surface area (Å²) in [6, 6.07) is 0. The summed E-state index contributed by atoms with van der Waals surface area (Å²) < 4.78 is 0. The fourth-order valence-electron chi connectivity index (χ4n) is 2.26. The van der Waals surface area contributed by atoms with Gasteiger partial charge in [-0.15, -0.1) is 0 Å². The molecule has 1 aliphatic carbocycles. The molecule has 0 aromatic heterocycles. The molecule has 1 aliphatic rings. The molecule has 0 aliphatic heterocycles. The number of unbranched alkanes of at least 4 members (excludes halogenated alkanes) is 2. The number of rotatable bonds is 5. The molecule has 70 valence electrons. The lowest BCUT2D eigenvalue weighted by Gasteiger charge is -2.22. The van der Waals surface area contributed by atoms with Gasteiger partial charge in [0, 0.05) is 6.42 Å². The van der Waals surface area contributed by atoms with Crippen LogP contribution in [0, 0.1) is 5.41 Å². The Labute approximate surface area is 75.5 Å². The number of carbonyl (C=O) groups excluding carboxylic acids is 1. The number of aldehydes is 1. The van der Waals surface area contributed by atoms with Crippen LogP contribution < -0.4 is 0 Å². The van der Waals surface area contributed by atoms with Crippen molar-refractivity contribution in [1.82, 2.24) is 0 Å². The fraction of sp³-hybridized carbons (Fsp3) is 0.909. The van der Waals surface area contributed by atoms with Gasteiger partial charge in [0.05, 0.1) is 0 Å². The van der Waals surface area contributed by atoms with Crippen molar-refractivity contribution in [3.05, 3.63) is 0 Å². The van der Waals surface area contributed by atoms with Crippen molar-refractivity contribution in [2.45, 2.75) is 58.3 Å². The molecule has 12 heavy (non-hydrogen) atoms. The molecule has 1 rings (SSSR count). The third-order valence-electron chi connectivity index (χ3n) is 3.16. The van der Waals surface area contributed by atoms with E-state index in [9.17, 15) is 4.79 Å². The summed E-state index contributed by atoms with van der Waals surface area (Å²) in [7, 11) is 0. The van der Waals surface area contributed by atoms with Gasteiger partial charge in [0.2, 0.25) is 0 Å². The van der Waals surface area contributed by atoms with E-state index in [1.165, 1.54) is 38.5 Å². The van der Waals surface area contributed by atoms with Crippen LogP contribution in [0.2, 0.25) is 0 Å². The van der Waals surface area contributed by atoms with E-state index in [0.29, 0.717) is 5.41 Å². The minimum atomic E-state index is 0.628. The summed E-state index contributed by atoms with van der Waals surface area (Å²) in [4.78, 5) is 10.1. The Morgan fingerprint density at radius 1 is 1.25 bits per heavy atom. The molecule has 1 heteroatoms. The lowest BCUT2D eigenvalue weighted by Crippen LogP contribution is -2.10. The highest BCUT2D eigenvalue weighted by atomic mass is 16.1. The number of hydrogen-bond acceptors (Lipinski definition) is 1. The molecule has 0 amide bonds. The van der Waals surface area contributed by atoms with Gasteiger partial charge in [-0.05, 0) is 31.1 Å². The quantitative estimate of drug-likeness (QED) is 0.454. The van der Waals surface area contributed by atoms with Crippen LogP contribution in [0.4, 0.5) is 0 Å². The van der Waals surface area contributed by atoms with E-state index in [2.05, 4.69) is 6.92 Å². The van der Waals surface area contributed by atoms with Crippen LogP contribution in [0.25, 0.3) is 0 Å². The zero-order valence-electron chi connectivity index (χ0n) is 8.14. The maximum absolute atomic E-state index is 10.1. The summed E-state index contributed by atoms with van der Waals surface area (Å²) >= 11 is 0. The molecule has 0 aromatic rings. The van der Waals surface area contributed by atoms with Crippen molar-refractivity contribution in [2.24, 2.45) is 5.41 Å². The van der Waals surface area contributed by atoms with Crippen molar-refractivity contribution in [2.75, 3.05) is 0 Å². The molecule has 0 radical (unpaired) electrons. The van der Waals surface area contributed by atoms with Crippen LogP contribution in [0.15, 0.2) is 0 Å². The molecule has 1 nitrogen and oxygen atoms in total. The Hall–Kier alpha value is -0.330. The third-order valence-corrected chi connectivity index (χ3v) is 3.16. The first kappa shape index (κ1) is 9.76. The Balaban J connectivity index is 2.08. The van der Waals surface area contributed by atoms with Gasteiger partial charge in [0.25, 0.3) is 0 Å². The van der Waals surface area contributed by atoms with E-state index >= 15 is 0 Å².